The van der Waals surface area contributed by atoms with E-state index in [4.69, 9.17) is 27.9 Å². The summed E-state index contributed by atoms with van der Waals surface area (Å²) >= 11 is 11.9. The van der Waals surface area contributed by atoms with Crippen LogP contribution in [0.3, 0.4) is 0 Å². The highest BCUT2D eigenvalue weighted by Crippen LogP contribution is 2.34. The van der Waals surface area contributed by atoms with Crippen molar-refractivity contribution in [1.29, 1.82) is 0 Å². The molecular formula is C18H14Cl2N2O3. The number of imide groups is 1. The average molecular weight is 377 g/mol. The van der Waals surface area contributed by atoms with Crippen molar-refractivity contribution in [2.45, 2.75) is 0 Å². The van der Waals surface area contributed by atoms with Gasteiger partial charge in [-0.1, -0.05) is 35.3 Å². The van der Waals surface area contributed by atoms with Gasteiger partial charge in [-0.2, -0.15) is 0 Å². The zero-order chi connectivity index (χ0) is 18.1. The number of carbonyl (C=O) groups excluding carboxylic acids is 2. The normalized spacial score (nSPS) is 14.3. The smallest absolute Gasteiger partial charge is 0.277 e. The molecule has 2 amide bonds. The number of likely N-dealkylation sites (N-methyl/N-ethyl adjacent to an activating group) is 1. The van der Waals surface area contributed by atoms with Crippen molar-refractivity contribution < 1.29 is 14.3 Å². The van der Waals surface area contributed by atoms with Crippen LogP contribution in [0.5, 0.6) is 5.75 Å². The summed E-state index contributed by atoms with van der Waals surface area (Å²) in [5.41, 5.74) is 1.52. The van der Waals surface area contributed by atoms with E-state index in [0.717, 1.165) is 4.90 Å². The molecule has 0 saturated heterocycles. The molecule has 0 radical (unpaired) electrons. The molecule has 1 aliphatic heterocycles. The average Bonchev–Trinajstić information content (AvgIpc) is 2.80. The maximum absolute atomic E-state index is 12.5. The Bertz CT molecular complexity index is 892. The molecule has 5 nitrogen and oxygen atoms in total. The number of halogens is 2. The van der Waals surface area contributed by atoms with Crippen molar-refractivity contribution in [2.24, 2.45) is 0 Å². The summed E-state index contributed by atoms with van der Waals surface area (Å²) in [6.07, 6.45) is 0. The molecule has 0 aliphatic carbocycles. The molecule has 0 aromatic heterocycles. The molecule has 2 aromatic carbocycles. The van der Waals surface area contributed by atoms with Gasteiger partial charge in [0.15, 0.2) is 0 Å². The molecule has 2 aromatic rings. The summed E-state index contributed by atoms with van der Waals surface area (Å²) in [5.74, 6) is -0.324. The highest BCUT2D eigenvalue weighted by atomic mass is 35.5. The summed E-state index contributed by atoms with van der Waals surface area (Å²) in [4.78, 5) is 26.1. The van der Waals surface area contributed by atoms with E-state index >= 15 is 0 Å². The highest BCUT2D eigenvalue weighted by Gasteiger charge is 2.37. The zero-order valence-corrected chi connectivity index (χ0v) is 15.0. The molecule has 0 bridgehead atoms. The van der Waals surface area contributed by atoms with Crippen LogP contribution in [0, 0.1) is 0 Å². The first-order valence-electron chi connectivity index (χ1n) is 7.35. The number of hydrogen-bond donors (Lipinski definition) is 1. The van der Waals surface area contributed by atoms with Crippen LogP contribution in [-0.2, 0) is 9.59 Å². The summed E-state index contributed by atoms with van der Waals surface area (Å²) in [5, 5.41) is 4.02. The predicted octanol–water partition coefficient (Wildman–Crippen LogP) is 3.82. The van der Waals surface area contributed by atoms with E-state index in [9.17, 15) is 9.59 Å². The van der Waals surface area contributed by atoms with Gasteiger partial charge < -0.3 is 10.1 Å². The second kappa shape index (κ2) is 6.78. The number of methoxy groups -OCH3 is 1. The van der Waals surface area contributed by atoms with Crippen LogP contribution < -0.4 is 10.1 Å². The van der Waals surface area contributed by atoms with Crippen molar-refractivity contribution in [2.75, 3.05) is 19.5 Å². The van der Waals surface area contributed by atoms with Gasteiger partial charge in [-0.25, -0.2) is 0 Å². The molecule has 0 unspecified atom stereocenters. The molecule has 1 N–H and O–H groups in total. The van der Waals surface area contributed by atoms with Crippen LogP contribution in [0.25, 0.3) is 5.57 Å². The summed E-state index contributed by atoms with van der Waals surface area (Å²) in [7, 11) is 2.95. The molecule has 0 atom stereocenters. The van der Waals surface area contributed by atoms with Crippen molar-refractivity contribution in [3.8, 4) is 5.75 Å². The summed E-state index contributed by atoms with van der Waals surface area (Å²) in [6.45, 7) is 0. The molecule has 1 heterocycles. The van der Waals surface area contributed by atoms with Crippen molar-refractivity contribution in [1.82, 2.24) is 4.90 Å². The SMILES string of the molecule is COc1ccc(Cl)cc1NC1=C(c2ccc(Cl)cc2)C(=O)N(C)C1=O. The predicted molar refractivity (Wildman–Crippen MR) is 97.8 cm³/mol. The highest BCUT2D eigenvalue weighted by molar-refractivity contribution is 6.37. The third kappa shape index (κ3) is 3.21. The number of benzene rings is 2. The lowest BCUT2D eigenvalue weighted by Gasteiger charge is -2.13. The second-order valence-electron chi connectivity index (χ2n) is 5.40. The Morgan fingerprint density at radius 2 is 1.60 bits per heavy atom. The van der Waals surface area contributed by atoms with Gasteiger partial charge >= 0.3 is 0 Å². The Balaban J connectivity index is 2.12. The van der Waals surface area contributed by atoms with Gasteiger partial charge in [-0.3, -0.25) is 14.5 Å². The molecule has 25 heavy (non-hydrogen) atoms. The van der Waals surface area contributed by atoms with Crippen LogP contribution >= 0.6 is 23.2 Å². The lowest BCUT2D eigenvalue weighted by Crippen LogP contribution is -2.27. The van der Waals surface area contributed by atoms with Crippen LogP contribution in [0.4, 0.5) is 5.69 Å². The van der Waals surface area contributed by atoms with Gasteiger partial charge in [0.05, 0.1) is 18.4 Å². The van der Waals surface area contributed by atoms with Gasteiger partial charge in [0.1, 0.15) is 11.4 Å². The van der Waals surface area contributed by atoms with Crippen LogP contribution in [0.15, 0.2) is 48.2 Å². The number of amides is 2. The number of ether oxygens (including phenoxy) is 1. The number of hydrogen-bond acceptors (Lipinski definition) is 4. The van der Waals surface area contributed by atoms with Gasteiger partial charge in [0, 0.05) is 17.1 Å². The van der Waals surface area contributed by atoms with Crippen molar-refractivity contribution in [3.05, 3.63) is 63.8 Å². The van der Waals surface area contributed by atoms with Gasteiger partial charge in [-0.15, -0.1) is 0 Å². The molecule has 3 rings (SSSR count). The first-order valence-corrected chi connectivity index (χ1v) is 8.11. The minimum atomic E-state index is -0.433. The fourth-order valence-electron chi connectivity index (χ4n) is 2.55. The topological polar surface area (TPSA) is 58.6 Å². The van der Waals surface area contributed by atoms with E-state index in [1.165, 1.54) is 14.2 Å². The second-order valence-corrected chi connectivity index (χ2v) is 6.27. The fourth-order valence-corrected chi connectivity index (χ4v) is 2.85. The van der Waals surface area contributed by atoms with E-state index in [0.29, 0.717) is 27.0 Å². The Kier molecular flexibility index (Phi) is 4.70. The standard InChI is InChI=1S/C18H14Cl2N2O3/c1-22-17(23)15(10-3-5-11(19)6-4-10)16(18(22)24)21-13-9-12(20)7-8-14(13)25-2/h3-9,21H,1-2H3. The van der Waals surface area contributed by atoms with E-state index in [-0.39, 0.29) is 11.3 Å². The maximum atomic E-state index is 12.5. The van der Waals surface area contributed by atoms with E-state index < -0.39 is 11.8 Å². The lowest BCUT2D eigenvalue weighted by molar-refractivity contribution is -0.135. The number of carbonyl (C=O) groups is 2. The largest absolute Gasteiger partial charge is 0.495 e. The lowest BCUT2D eigenvalue weighted by atomic mass is 10.0. The molecule has 7 heteroatoms. The molecule has 0 fully saturated rings. The van der Waals surface area contributed by atoms with E-state index in [2.05, 4.69) is 5.32 Å². The molecule has 128 valence electrons. The number of nitrogens with zero attached hydrogens (tertiary/aromatic N) is 1. The third-order valence-electron chi connectivity index (χ3n) is 3.84. The Labute approximate surface area is 154 Å². The van der Waals surface area contributed by atoms with E-state index in [1.54, 1.807) is 42.5 Å². The Morgan fingerprint density at radius 3 is 2.24 bits per heavy atom. The van der Waals surface area contributed by atoms with Gasteiger partial charge in [-0.05, 0) is 35.9 Å². The maximum Gasteiger partial charge on any atom is 0.277 e. The number of rotatable bonds is 4. The minimum absolute atomic E-state index is 0.162. The van der Waals surface area contributed by atoms with Gasteiger partial charge in [0.25, 0.3) is 11.8 Å². The molecular weight excluding hydrogens is 363 g/mol. The number of nitrogens with one attached hydrogen (secondary N) is 1. The minimum Gasteiger partial charge on any atom is -0.495 e. The van der Waals surface area contributed by atoms with Crippen LogP contribution in [0.1, 0.15) is 5.56 Å². The molecule has 0 saturated carbocycles. The van der Waals surface area contributed by atoms with Crippen molar-refractivity contribution >= 4 is 46.3 Å². The quantitative estimate of drug-likeness (QED) is 0.823. The monoisotopic (exact) mass is 376 g/mol. The van der Waals surface area contributed by atoms with Gasteiger partial charge in [0.2, 0.25) is 0 Å². The molecule has 0 spiro atoms. The van der Waals surface area contributed by atoms with E-state index in [1.807, 2.05) is 0 Å². The summed E-state index contributed by atoms with van der Waals surface area (Å²) < 4.78 is 5.29. The first-order chi connectivity index (χ1) is 11.9. The number of anilines is 1. The third-order valence-corrected chi connectivity index (χ3v) is 4.33. The zero-order valence-electron chi connectivity index (χ0n) is 13.5. The molecule has 1 aliphatic rings. The Morgan fingerprint density at radius 1 is 0.960 bits per heavy atom. The van der Waals surface area contributed by atoms with Crippen LogP contribution in [0.2, 0.25) is 10.0 Å². The van der Waals surface area contributed by atoms with Crippen molar-refractivity contribution in [3.63, 3.8) is 0 Å². The summed E-state index contributed by atoms with van der Waals surface area (Å²) in [6, 6.07) is 11.7. The Hall–Kier alpha value is -2.50. The van der Waals surface area contributed by atoms with Crippen LogP contribution in [-0.4, -0.2) is 30.9 Å². The fraction of sp³-hybridized carbons (Fsp3) is 0.111. The first kappa shape index (κ1) is 17.3.